The number of hydrogen-bond donors (Lipinski definition) is 0. The summed E-state index contributed by atoms with van der Waals surface area (Å²) in [6.07, 6.45) is 2.42. The van der Waals surface area contributed by atoms with E-state index in [0.29, 0.717) is 18.8 Å². The van der Waals surface area contributed by atoms with E-state index in [4.69, 9.17) is 21.3 Å². The molecule has 0 spiro atoms. The van der Waals surface area contributed by atoms with E-state index in [9.17, 15) is 4.79 Å². The number of para-hydroxylation sites is 2. The Hall–Kier alpha value is -3.38. The van der Waals surface area contributed by atoms with E-state index in [2.05, 4.69) is 15.6 Å². The molecular weight excluding hydrogens is 436 g/mol. The number of benzene rings is 2. The third-order valence-corrected chi connectivity index (χ3v) is 6.14. The molecule has 6 nitrogen and oxygen atoms in total. The van der Waals surface area contributed by atoms with Gasteiger partial charge in [0.05, 0.1) is 24.2 Å². The van der Waals surface area contributed by atoms with Crippen LogP contribution in [0.4, 0.5) is 0 Å². The molecule has 0 aliphatic heterocycles. The van der Waals surface area contributed by atoms with Crippen molar-refractivity contribution in [1.29, 1.82) is 0 Å². The van der Waals surface area contributed by atoms with Crippen LogP contribution in [0.15, 0.2) is 60.8 Å². The quantitative estimate of drug-likeness (QED) is 0.327. The molecule has 1 amide bonds. The minimum absolute atomic E-state index is 0.133. The van der Waals surface area contributed by atoms with E-state index in [0.717, 1.165) is 51.7 Å². The maximum atomic E-state index is 12.8. The van der Waals surface area contributed by atoms with Gasteiger partial charge in [0.2, 0.25) is 0 Å². The predicted molar refractivity (Wildman–Crippen MR) is 131 cm³/mol. The molecule has 0 N–H and O–H groups in total. The average Bonchev–Trinajstić information content (AvgIpc) is 3.17. The lowest BCUT2D eigenvalue weighted by molar-refractivity contribution is 0.0774. The fourth-order valence-electron chi connectivity index (χ4n) is 3.87. The first-order valence-corrected chi connectivity index (χ1v) is 11.3. The van der Waals surface area contributed by atoms with Crippen LogP contribution in [0.25, 0.3) is 11.0 Å². The van der Waals surface area contributed by atoms with Crippen molar-refractivity contribution in [2.75, 3.05) is 13.7 Å². The zero-order valence-corrected chi connectivity index (χ0v) is 19.8. The number of ether oxygens (including phenoxy) is 1. The van der Waals surface area contributed by atoms with E-state index >= 15 is 0 Å². The highest BCUT2D eigenvalue weighted by atomic mass is 35.5. The number of imidazole rings is 1. The minimum atomic E-state index is -0.133. The zero-order chi connectivity index (χ0) is 23.4. The number of amides is 1. The highest BCUT2D eigenvalue weighted by Crippen LogP contribution is 2.26. The number of aromatic nitrogens is 3. The lowest BCUT2D eigenvalue weighted by Gasteiger charge is -2.18. The SMILES string of the molecule is Cc1cc(OCCCn2c(CN(C)C(=O)c3ccccn3)nc3ccccc32)cc(C)c1Cl. The van der Waals surface area contributed by atoms with Crippen LogP contribution < -0.4 is 4.74 Å². The molecule has 33 heavy (non-hydrogen) atoms. The van der Waals surface area contributed by atoms with Crippen molar-refractivity contribution in [3.05, 3.63) is 88.5 Å². The summed E-state index contributed by atoms with van der Waals surface area (Å²) in [7, 11) is 1.77. The van der Waals surface area contributed by atoms with Crippen LogP contribution in [-0.4, -0.2) is 39.0 Å². The Labute approximate surface area is 198 Å². The van der Waals surface area contributed by atoms with Gasteiger partial charge in [0.15, 0.2) is 0 Å². The summed E-state index contributed by atoms with van der Waals surface area (Å²) in [5.74, 6) is 1.53. The van der Waals surface area contributed by atoms with Crippen molar-refractivity contribution in [3.63, 3.8) is 0 Å². The van der Waals surface area contributed by atoms with Gasteiger partial charge in [-0.2, -0.15) is 0 Å². The van der Waals surface area contributed by atoms with E-state index in [-0.39, 0.29) is 5.91 Å². The van der Waals surface area contributed by atoms with E-state index in [1.54, 1.807) is 30.3 Å². The first-order valence-electron chi connectivity index (χ1n) is 10.9. The molecule has 0 unspecified atom stereocenters. The van der Waals surface area contributed by atoms with Gasteiger partial charge >= 0.3 is 0 Å². The average molecular weight is 463 g/mol. The van der Waals surface area contributed by atoms with Gasteiger partial charge in [-0.15, -0.1) is 0 Å². The maximum Gasteiger partial charge on any atom is 0.272 e. The summed E-state index contributed by atoms with van der Waals surface area (Å²) in [6, 6.07) is 17.3. The van der Waals surface area contributed by atoms with Crippen LogP contribution in [0.2, 0.25) is 5.02 Å². The summed E-state index contributed by atoms with van der Waals surface area (Å²) in [4.78, 5) is 23.4. The Morgan fingerprint density at radius 3 is 2.55 bits per heavy atom. The molecule has 4 rings (SSSR count). The fraction of sp³-hybridized carbons (Fsp3) is 0.269. The van der Waals surface area contributed by atoms with Crippen LogP contribution in [0.3, 0.4) is 0 Å². The number of fused-ring (bicyclic) bond motifs is 1. The standard InChI is InChI=1S/C26H27ClN4O2/c1-18-15-20(16-19(2)25(18)27)33-14-8-13-31-23-11-5-4-9-21(23)29-24(31)17-30(3)26(32)22-10-6-7-12-28-22/h4-7,9-12,15-16H,8,13-14,17H2,1-3H3. The number of rotatable bonds is 8. The lowest BCUT2D eigenvalue weighted by Crippen LogP contribution is -2.28. The molecule has 0 aliphatic carbocycles. The fourth-order valence-corrected chi connectivity index (χ4v) is 3.98. The molecular formula is C26H27ClN4O2. The highest BCUT2D eigenvalue weighted by molar-refractivity contribution is 6.32. The first kappa shape index (κ1) is 22.8. The molecule has 0 saturated carbocycles. The van der Waals surface area contributed by atoms with E-state index in [1.165, 1.54) is 0 Å². The number of nitrogens with zero attached hydrogens (tertiary/aromatic N) is 4. The monoisotopic (exact) mass is 462 g/mol. The van der Waals surface area contributed by atoms with Gasteiger partial charge in [-0.05, 0) is 67.8 Å². The molecule has 4 aromatic rings. The van der Waals surface area contributed by atoms with Crippen molar-refractivity contribution in [1.82, 2.24) is 19.4 Å². The Morgan fingerprint density at radius 1 is 1.09 bits per heavy atom. The second-order valence-electron chi connectivity index (χ2n) is 8.12. The van der Waals surface area contributed by atoms with Gasteiger partial charge in [0, 0.05) is 24.8 Å². The van der Waals surface area contributed by atoms with Gasteiger partial charge in [-0.1, -0.05) is 29.8 Å². The van der Waals surface area contributed by atoms with Gasteiger partial charge in [0.25, 0.3) is 5.91 Å². The van der Waals surface area contributed by atoms with Crippen LogP contribution in [-0.2, 0) is 13.1 Å². The van der Waals surface area contributed by atoms with Gasteiger partial charge in [-0.3, -0.25) is 9.78 Å². The summed E-state index contributed by atoms with van der Waals surface area (Å²) in [6.45, 7) is 5.65. The number of aryl methyl sites for hydroxylation is 3. The third-order valence-electron chi connectivity index (χ3n) is 5.55. The molecule has 2 aromatic carbocycles. The molecule has 0 radical (unpaired) electrons. The second kappa shape index (κ2) is 10.0. The van der Waals surface area contributed by atoms with Crippen molar-refractivity contribution in [3.8, 4) is 5.75 Å². The molecule has 2 heterocycles. The summed E-state index contributed by atoms with van der Waals surface area (Å²) in [5, 5.41) is 0.779. The smallest absolute Gasteiger partial charge is 0.272 e. The lowest BCUT2D eigenvalue weighted by atomic mass is 10.1. The molecule has 7 heteroatoms. The number of hydrogen-bond acceptors (Lipinski definition) is 4. The molecule has 0 saturated heterocycles. The summed E-state index contributed by atoms with van der Waals surface area (Å²) >= 11 is 6.26. The number of carbonyl (C=O) groups is 1. The van der Waals surface area contributed by atoms with Crippen LogP contribution in [0.1, 0.15) is 33.9 Å². The Balaban J connectivity index is 1.46. The van der Waals surface area contributed by atoms with Gasteiger partial charge < -0.3 is 14.2 Å². The van der Waals surface area contributed by atoms with Gasteiger partial charge in [0.1, 0.15) is 17.3 Å². The first-order chi connectivity index (χ1) is 15.9. The molecule has 0 aliphatic rings. The topological polar surface area (TPSA) is 60.2 Å². The van der Waals surface area contributed by atoms with Crippen molar-refractivity contribution < 1.29 is 9.53 Å². The molecule has 2 aromatic heterocycles. The number of carbonyl (C=O) groups excluding carboxylic acids is 1. The van der Waals surface area contributed by atoms with Crippen LogP contribution in [0, 0.1) is 13.8 Å². The zero-order valence-electron chi connectivity index (χ0n) is 19.1. The number of pyridine rings is 1. The third kappa shape index (κ3) is 5.17. The molecule has 0 bridgehead atoms. The highest BCUT2D eigenvalue weighted by Gasteiger charge is 2.17. The normalized spacial score (nSPS) is 11.0. The molecule has 0 fully saturated rings. The van der Waals surface area contributed by atoms with E-state index < -0.39 is 0 Å². The van der Waals surface area contributed by atoms with Gasteiger partial charge in [-0.25, -0.2) is 4.98 Å². The predicted octanol–water partition coefficient (Wildman–Crippen LogP) is 5.44. The Kier molecular flexibility index (Phi) is 6.94. The van der Waals surface area contributed by atoms with E-state index in [1.807, 2.05) is 50.2 Å². The van der Waals surface area contributed by atoms with Crippen molar-refractivity contribution in [2.45, 2.75) is 33.4 Å². The van der Waals surface area contributed by atoms with Crippen LogP contribution >= 0.6 is 11.6 Å². The number of halogens is 1. The Morgan fingerprint density at radius 2 is 1.82 bits per heavy atom. The van der Waals surface area contributed by atoms with Crippen LogP contribution in [0.5, 0.6) is 5.75 Å². The van der Waals surface area contributed by atoms with Crippen molar-refractivity contribution in [2.24, 2.45) is 0 Å². The largest absolute Gasteiger partial charge is 0.494 e. The minimum Gasteiger partial charge on any atom is -0.494 e. The second-order valence-corrected chi connectivity index (χ2v) is 8.50. The summed E-state index contributed by atoms with van der Waals surface area (Å²) < 4.78 is 8.15. The van der Waals surface area contributed by atoms with Crippen molar-refractivity contribution >= 4 is 28.5 Å². The maximum absolute atomic E-state index is 12.8. The summed E-state index contributed by atoms with van der Waals surface area (Å²) in [5.41, 5.74) is 4.40. The molecule has 170 valence electrons. The Bertz CT molecular complexity index is 1250. The molecule has 0 atom stereocenters.